The van der Waals surface area contributed by atoms with Crippen LogP contribution < -0.4 is 20.1 Å². The van der Waals surface area contributed by atoms with E-state index in [1.807, 2.05) is 51.1 Å². The van der Waals surface area contributed by atoms with Gasteiger partial charge in [-0.2, -0.15) is 0 Å². The molecule has 3 aliphatic rings. The van der Waals surface area contributed by atoms with Gasteiger partial charge in [-0.3, -0.25) is 14.4 Å². The van der Waals surface area contributed by atoms with Gasteiger partial charge in [0.05, 0.1) is 11.1 Å². The Balaban J connectivity index is 1.47. The van der Waals surface area contributed by atoms with Crippen molar-refractivity contribution in [2.45, 2.75) is 65.2 Å². The summed E-state index contributed by atoms with van der Waals surface area (Å²) in [6, 6.07) is 9.62. The molecule has 39 heavy (non-hydrogen) atoms. The van der Waals surface area contributed by atoms with E-state index in [0.29, 0.717) is 46.6 Å². The van der Waals surface area contributed by atoms with Crippen LogP contribution in [-0.2, 0) is 14.4 Å². The topological polar surface area (TPSA) is 93.7 Å². The summed E-state index contributed by atoms with van der Waals surface area (Å²) < 4.78 is 12.5. The zero-order valence-electron chi connectivity index (χ0n) is 22.5. The van der Waals surface area contributed by atoms with Gasteiger partial charge in [0, 0.05) is 47.0 Å². The molecule has 7 nitrogen and oxygen atoms in total. The molecule has 0 spiro atoms. The number of rotatable bonds is 7. The highest BCUT2D eigenvalue weighted by Gasteiger charge is 2.40. The molecule has 2 aromatic rings. The molecular formula is C31H33BrN2O5. The highest BCUT2D eigenvalue weighted by atomic mass is 79.9. The third-order valence-electron chi connectivity index (χ3n) is 7.47. The highest BCUT2D eigenvalue weighted by Crippen LogP contribution is 2.48. The van der Waals surface area contributed by atoms with Crippen molar-refractivity contribution in [3.63, 3.8) is 0 Å². The number of nitrogens with one attached hydrogen (secondary N) is 2. The van der Waals surface area contributed by atoms with Crippen molar-refractivity contribution in [2.24, 2.45) is 0 Å². The van der Waals surface area contributed by atoms with Crippen molar-refractivity contribution in [1.29, 1.82) is 0 Å². The molecule has 204 valence electrons. The maximum atomic E-state index is 13.2. The molecule has 0 radical (unpaired) electrons. The number of ether oxygens (including phenoxy) is 2. The number of carbonyl (C=O) groups excluding carboxylic acids is 3. The molecule has 5 rings (SSSR count). The molecule has 0 unspecified atom stereocenters. The van der Waals surface area contributed by atoms with Crippen molar-refractivity contribution in [1.82, 2.24) is 5.32 Å². The molecule has 2 N–H and O–H groups in total. The van der Waals surface area contributed by atoms with Crippen molar-refractivity contribution >= 4 is 39.1 Å². The largest absolute Gasteiger partial charge is 0.490 e. The molecule has 8 heteroatoms. The number of dihydropyridines is 1. The molecule has 0 bridgehead atoms. The zero-order valence-corrected chi connectivity index (χ0v) is 24.1. The Morgan fingerprint density at radius 3 is 2.28 bits per heavy atom. The summed E-state index contributed by atoms with van der Waals surface area (Å²) >= 11 is 3.62. The van der Waals surface area contributed by atoms with Crippen LogP contribution in [0.3, 0.4) is 0 Å². The van der Waals surface area contributed by atoms with E-state index in [9.17, 15) is 14.4 Å². The fourth-order valence-electron chi connectivity index (χ4n) is 5.67. The zero-order chi connectivity index (χ0) is 27.7. The maximum Gasteiger partial charge on any atom is 0.262 e. The van der Waals surface area contributed by atoms with Crippen LogP contribution >= 0.6 is 15.9 Å². The number of allylic oxidation sites excluding steroid dienone is 4. The number of halogens is 1. The number of carbonyl (C=O) groups is 3. The van der Waals surface area contributed by atoms with Crippen molar-refractivity contribution in [2.75, 3.05) is 18.5 Å². The fourth-order valence-corrected chi connectivity index (χ4v) is 6.24. The Bertz CT molecular complexity index is 1380. The molecule has 2 aromatic carbocycles. The van der Waals surface area contributed by atoms with Crippen LogP contribution in [0.1, 0.15) is 68.1 Å². The van der Waals surface area contributed by atoms with Gasteiger partial charge in [-0.05, 0) is 97.3 Å². The summed E-state index contributed by atoms with van der Waals surface area (Å²) in [4.78, 5) is 39.1. The first-order valence-electron chi connectivity index (χ1n) is 13.5. The quantitative estimate of drug-likeness (QED) is 0.398. The van der Waals surface area contributed by atoms with Gasteiger partial charge in [-0.25, -0.2) is 0 Å². The third-order valence-corrected chi connectivity index (χ3v) is 8.06. The Morgan fingerprint density at radius 2 is 1.64 bits per heavy atom. The normalized spacial score (nSPS) is 17.4. The Kier molecular flexibility index (Phi) is 7.93. The molecule has 2 aliphatic carbocycles. The minimum Gasteiger partial charge on any atom is -0.490 e. The van der Waals surface area contributed by atoms with Crippen LogP contribution in [0.2, 0.25) is 0 Å². The van der Waals surface area contributed by atoms with Gasteiger partial charge < -0.3 is 20.1 Å². The molecule has 0 fully saturated rings. The number of hydrogen-bond acceptors (Lipinski definition) is 6. The lowest BCUT2D eigenvalue weighted by atomic mass is 9.71. The first kappa shape index (κ1) is 27.2. The number of amides is 1. The van der Waals surface area contributed by atoms with E-state index >= 15 is 0 Å². The Morgan fingerprint density at radius 1 is 0.974 bits per heavy atom. The van der Waals surface area contributed by atoms with Crippen molar-refractivity contribution in [3.05, 3.63) is 74.0 Å². The molecule has 0 saturated heterocycles. The molecule has 0 aromatic heterocycles. The number of anilines is 1. The number of benzene rings is 2. The standard InChI is InChI=1S/C31H33BrN2O5/c1-4-38-26-15-19(14-20(32)31(26)39-16-27(37)34-23-13-17(2)11-12-18(23)3)28-29-21(7-5-9-24(29)35)33-22-8-6-10-25(36)30(22)28/h11-15,28,33H,4-10,16H2,1-3H3,(H,34,37). The van der Waals surface area contributed by atoms with Gasteiger partial charge in [-0.1, -0.05) is 12.1 Å². The molecule has 1 amide bonds. The lowest BCUT2D eigenvalue weighted by Crippen LogP contribution is -2.36. The molecule has 1 heterocycles. The summed E-state index contributed by atoms with van der Waals surface area (Å²) in [6.45, 7) is 5.96. The van der Waals surface area contributed by atoms with E-state index in [0.717, 1.165) is 59.5 Å². The SMILES string of the molecule is CCOc1cc(C2C3=C(CCCC3=O)NC3=C2C(=O)CCC3)cc(Br)c1OCC(=O)Nc1cc(C)ccc1C. The molecule has 1 aliphatic heterocycles. The minimum atomic E-state index is -0.450. The lowest BCUT2D eigenvalue weighted by molar-refractivity contribution is -0.118. The van der Waals surface area contributed by atoms with E-state index in [1.165, 1.54) is 0 Å². The summed E-state index contributed by atoms with van der Waals surface area (Å²) in [5.74, 6) is 0.279. The molecule has 0 saturated carbocycles. The van der Waals surface area contributed by atoms with Crippen LogP contribution in [0.25, 0.3) is 0 Å². The summed E-state index contributed by atoms with van der Waals surface area (Å²) in [6.07, 6.45) is 4.14. The predicted octanol–water partition coefficient (Wildman–Crippen LogP) is 6.18. The Hall–Kier alpha value is -3.39. The second-order valence-corrected chi connectivity index (χ2v) is 11.2. The molecule has 0 atom stereocenters. The average Bonchev–Trinajstić information content (AvgIpc) is 2.89. The van der Waals surface area contributed by atoms with E-state index in [1.54, 1.807) is 0 Å². The first-order chi connectivity index (χ1) is 18.8. The highest BCUT2D eigenvalue weighted by molar-refractivity contribution is 9.10. The van der Waals surface area contributed by atoms with E-state index in [2.05, 4.69) is 26.6 Å². The Labute approximate surface area is 237 Å². The minimum absolute atomic E-state index is 0.0798. The van der Waals surface area contributed by atoms with Gasteiger partial charge in [0.2, 0.25) is 0 Å². The van der Waals surface area contributed by atoms with Gasteiger partial charge >= 0.3 is 0 Å². The number of Topliss-reactive ketones (excluding diaryl/α,β-unsaturated/α-hetero) is 2. The number of ketones is 2. The van der Waals surface area contributed by atoms with Gasteiger partial charge in [-0.15, -0.1) is 0 Å². The van der Waals surface area contributed by atoms with Crippen LogP contribution in [0.4, 0.5) is 5.69 Å². The van der Waals surface area contributed by atoms with Crippen molar-refractivity contribution < 1.29 is 23.9 Å². The first-order valence-corrected chi connectivity index (χ1v) is 14.3. The van der Waals surface area contributed by atoms with Crippen LogP contribution in [0, 0.1) is 13.8 Å². The van der Waals surface area contributed by atoms with E-state index in [-0.39, 0.29) is 24.1 Å². The van der Waals surface area contributed by atoms with Gasteiger partial charge in [0.1, 0.15) is 0 Å². The summed E-state index contributed by atoms with van der Waals surface area (Å²) in [5, 5.41) is 6.36. The van der Waals surface area contributed by atoms with Crippen LogP contribution in [0.5, 0.6) is 11.5 Å². The third kappa shape index (κ3) is 5.53. The lowest BCUT2D eigenvalue weighted by Gasteiger charge is -2.37. The maximum absolute atomic E-state index is 13.2. The van der Waals surface area contributed by atoms with Crippen molar-refractivity contribution in [3.8, 4) is 11.5 Å². The number of aryl methyl sites for hydroxylation is 2. The van der Waals surface area contributed by atoms with Crippen LogP contribution in [0.15, 0.2) is 57.3 Å². The second-order valence-electron chi connectivity index (χ2n) is 10.3. The van der Waals surface area contributed by atoms with Gasteiger partial charge in [0.15, 0.2) is 29.7 Å². The van der Waals surface area contributed by atoms with Gasteiger partial charge in [0.25, 0.3) is 5.91 Å². The average molecular weight is 594 g/mol. The monoisotopic (exact) mass is 592 g/mol. The van der Waals surface area contributed by atoms with E-state index in [4.69, 9.17) is 9.47 Å². The smallest absolute Gasteiger partial charge is 0.262 e. The molecular weight excluding hydrogens is 560 g/mol. The van der Waals surface area contributed by atoms with Crippen LogP contribution in [-0.4, -0.2) is 30.7 Å². The fraction of sp³-hybridized carbons (Fsp3) is 0.387. The second kappa shape index (κ2) is 11.4. The number of hydrogen-bond donors (Lipinski definition) is 2. The summed E-state index contributed by atoms with van der Waals surface area (Å²) in [5.41, 5.74) is 6.80. The predicted molar refractivity (Wildman–Crippen MR) is 153 cm³/mol. The van der Waals surface area contributed by atoms with E-state index < -0.39 is 5.92 Å². The summed E-state index contributed by atoms with van der Waals surface area (Å²) in [7, 11) is 0.